The first kappa shape index (κ1) is 15.5. The average Bonchev–Trinajstić information content (AvgIpc) is 2.85. The third-order valence-corrected chi connectivity index (χ3v) is 3.50. The Balaban J connectivity index is 2.09. The lowest BCUT2D eigenvalue weighted by Crippen LogP contribution is -2.20. The fourth-order valence-corrected chi connectivity index (χ4v) is 2.41. The van der Waals surface area contributed by atoms with Crippen molar-refractivity contribution in [3.8, 4) is 5.75 Å². The van der Waals surface area contributed by atoms with Crippen LogP contribution in [-0.2, 0) is 26.7 Å². The van der Waals surface area contributed by atoms with E-state index in [9.17, 15) is 0 Å². The summed E-state index contributed by atoms with van der Waals surface area (Å²) in [6.45, 7) is 2.50. The van der Waals surface area contributed by atoms with E-state index < -0.39 is 0 Å². The van der Waals surface area contributed by atoms with Crippen molar-refractivity contribution < 1.29 is 4.74 Å². The summed E-state index contributed by atoms with van der Waals surface area (Å²) in [6.07, 6.45) is 3.80. The van der Waals surface area contributed by atoms with Gasteiger partial charge in [0.05, 0.1) is 13.7 Å². The number of ether oxygens (including phenoxy) is 1. The quantitative estimate of drug-likeness (QED) is 0.843. The van der Waals surface area contributed by atoms with Gasteiger partial charge in [0, 0.05) is 38.1 Å². The largest absolute Gasteiger partial charge is 0.496 e. The van der Waals surface area contributed by atoms with E-state index >= 15 is 0 Å². The molecule has 5 nitrogen and oxygen atoms in total. The standard InChI is InChI=1S/C16H24N4O/c1-17-10-13-5-6-15(21-4)14(9-13)11-19(2)12-16-18-7-8-20(16)3/h5-9,17H,10-12H2,1-4H3. The maximum atomic E-state index is 5.47. The maximum absolute atomic E-state index is 5.47. The number of nitrogens with zero attached hydrogens (tertiary/aromatic N) is 3. The van der Waals surface area contributed by atoms with E-state index in [4.69, 9.17) is 4.74 Å². The second-order valence-corrected chi connectivity index (χ2v) is 5.30. The zero-order chi connectivity index (χ0) is 15.2. The predicted octanol–water partition coefficient (Wildman–Crippen LogP) is 1.78. The Labute approximate surface area is 126 Å². The number of methoxy groups -OCH3 is 1. The van der Waals surface area contributed by atoms with E-state index in [2.05, 4.69) is 34.4 Å². The summed E-state index contributed by atoms with van der Waals surface area (Å²) in [5.74, 6) is 1.99. The highest BCUT2D eigenvalue weighted by molar-refractivity contribution is 5.37. The van der Waals surface area contributed by atoms with Crippen molar-refractivity contribution in [2.24, 2.45) is 7.05 Å². The lowest BCUT2D eigenvalue weighted by atomic mass is 10.1. The first-order valence-electron chi connectivity index (χ1n) is 7.09. The van der Waals surface area contributed by atoms with E-state index in [1.165, 1.54) is 11.1 Å². The number of nitrogens with one attached hydrogen (secondary N) is 1. The van der Waals surface area contributed by atoms with Crippen LogP contribution in [0.3, 0.4) is 0 Å². The smallest absolute Gasteiger partial charge is 0.123 e. The minimum Gasteiger partial charge on any atom is -0.496 e. The van der Waals surface area contributed by atoms with Crippen molar-refractivity contribution in [2.45, 2.75) is 19.6 Å². The molecule has 0 aliphatic heterocycles. The van der Waals surface area contributed by atoms with Gasteiger partial charge < -0.3 is 14.6 Å². The Morgan fingerprint density at radius 2 is 2.14 bits per heavy atom. The van der Waals surface area contributed by atoms with Crippen molar-refractivity contribution in [3.05, 3.63) is 47.5 Å². The van der Waals surface area contributed by atoms with E-state index in [1.807, 2.05) is 37.1 Å². The number of hydrogen-bond acceptors (Lipinski definition) is 4. The Morgan fingerprint density at radius 3 is 2.76 bits per heavy atom. The van der Waals surface area contributed by atoms with Gasteiger partial charge in [-0.2, -0.15) is 0 Å². The third kappa shape index (κ3) is 4.06. The minimum absolute atomic E-state index is 0.808. The molecule has 2 rings (SSSR count). The Kier molecular flexibility index (Phi) is 5.36. The van der Waals surface area contributed by atoms with Crippen molar-refractivity contribution in [2.75, 3.05) is 21.2 Å². The summed E-state index contributed by atoms with van der Waals surface area (Å²) in [7, 11) is 7.79. The fourth-order valence-electron chi connectivity index (χ4n) is 2.41. The highest BCUT2D eigenvalue weighted by atomic mass is 16.5. The number of benzene rings is 1. The second-order valence-electron chi connectivity index (χ2n) is 5.30. The number of rotatable bonds is 7. The highest BCUT2D eigenvalue weighted by Crippen LogP contribution is 2.21. The van der Waals surface area contributed by atoms with E-state index in [-0.39, 0.29) is 0 Å². The van der Waals surface area contributed by atoms with Gasteiger partial charge in [0.15, 0.2) is 0 Å². The molecular weight excluding hydrogens is 264 g/mol. The molecule has 0 atom stereocenters. The molecule has 1 N–H and O–H groups in total. The Hall–Kier alpha value is -1.85. The molecule has 0 unspecified atom stereocenters. The molecule has 1 heterocycles. The lowest BCUT2D eigenvalue weighted by molar-refractivity contribution is 0.299. The van der Waals surface area contributed by atoms with Gasteiger partial charge in [-0.1, -0.05) is 6.07 Å². The van der Waals surface area contributed by atoms with Crippen molar-refractivity contribution in [3.63, 3.8) is 0 Å². The molecule has 0 aliphatic rings. The fraction of sp³-hybridized carbons (Fsp3) is 0.438. The van der Waals surface area contributed by atoms with E-state index in [0.717, 1.165) is 31.2 Å². The SMILES string of the molecule is CNCc1ccc(OC)c(CN(C)Cc2nccn2C)c1. The molecule has 21 heavy (non-hydrogen) atoms. The predicted molar refractivity (Wildman–Crippen MR) is 84.1 cm³/mol. The first-order valence-corrected chi connectivity index (χ1v) is 7.09. The third-order valence-electron chi connectivity index (χ3n) is 3.50. The van der Waals surface area contributed by atoms with E-state index in [1.54, 1.807) is 7.11 Å². The van der Waals surface area contributed by atoms with Gasteiger partial charge >= 0.3 is 0 Å². The van der Waals surface area contributed by atoms with Crippen LogP contribution in [0.25, 0.3) is 0 Å². The van der Waals surface area contributed by atoms with Gasteiger partial charge in [-0.3, -0.25) is 4.90 Å². The number of aryl methyl sites for hydroxylation is 1. The van der Waals surface area contributed by atoms with Crippen LogP contribution in [-0.4, -0.2) is 35.7 Å². The number of aromatic nitrogens is 2. The van der Waals surface area contributed by atoms with Crippen LogP contribution in [0.1, 0.15) is 17.0 Å². The molecule has 1 aromatic carbocycles. The van der Waals surface area contributed by atoms with Gasteiger partial charge in [0.25, 0.3) is 0 Å². The molecule has 0 radical (unpaired) electrons. The Bertz CT molecular complexity index is 579. The topological polar surface area (TPSA) is 42.3 Å². The molecule has 5 heteroatoms. The van der Waals surface area contributed by atoms with Crippen molar-refractivity contribution >= 4 is 0 Å². The van der Waals surface area contributed by atoms with Gasteiger partial charge in [-0.25, -0.2) is 4.98 Å². The van der Waals surface area contributed by atoms with Crippen LogP contribution in [0.2, 0.25) is 0 Å². The van der Waals surface area contributed by atoms with Crippen molar-refractivity contribution in [1.29, 1.82) is 0 Å². The summed E-state index contributed by atoms with van der Waals surface area (Å²) in [5, 5.41) is 3.18. The normalized spacial score (nSPS) is 11.1. The molecule has 2 aromatic rings. The molecule has 0 bridgehead atoms. The lowest BCUT2D eigenvalue weighted by Gasteiger charge is -2.19. The summed E-state index contributed by atoms with van der Waals surface area (Å²) in [5.41, 5.74) is 2.46. The van der Waals surface area contributed by atoms with Crippen LogP contribution < -0.4 is 10.1 Å². The number of hydrogen-bond donors (Lipinski definition) is 1. The average molecular weight is 288 g/mol. The second kappa shape index (κ2) is 7.24. The minimum atomic E-state index is 0.808. The molecule has 114 valence electrons. The molecule has 0 spiro atoms. The molecule has 0 fully saturated rings. The maximum Gasteiger partial charge on any atom is 0.123 e. The summed E-state index contributed by atoms with van der Waals surface area (Å²) >= 11 is 0. The molecule has 0 amide bonds. The summed E-state index contributed by atoms with van der Waals surface area (Å²) in [4.78, 5) is 6.61. The monoisotopic (exact) mass is 288 g/mol. The molecule has 1 aromatic heterocycles. The summed E-state index contributed by atoms with van der Waals surface area (Å²) in [6, 6.07) is 6.33. The zero-order valence-corrected chi connectivity index (χ0v) is 13.3. The summed E-state index contributed by atoms with van der Waals surface area (Å²) < 4.78 is 7.52. The van der Waals surface area contributed by atoms with Crippen LogP contribution in [0, 0.1) is 0 Å². The Morgan fingerprint density at radius 1 is 1.33 bits per heavy atom. The molecule has 0 aliphatic carbocycles. The van der Waals surface area contributed by atoms with Gasteiger partial charge in [0.1, 0.15) is 11.6 Å². The molecular formula is C16H24N4O. The first-order chi connectivity index (χ1) is 10.1. The van der Waals surface area contributed by atoms with Crippen LogP contribution in [0.5, 0.6) is 5.75 Å². The number of imidazole rings is 1. The van der Waals surface area contributed by atoms with Crippen LogP contribution in [0.4, 0.5) is 0 Å². The van der Waals surface area contributed by atoms with E-state index in [0.29, 0.717) is 0 Å². The van der Waals surface area contributed by atoms with Gasteiger partial charge in [-0.05, 0) is 31.8 Å². The molecule has 0 saturated heterocycles. The van der Waals surface area contributed by atoms with Gasteiger partial charge in [-0.15, -0.1) is 0 Å². The van der Waals surface area contributed by atoms with Crippen LogP contribution >= 0.6 is 0 Å². The highest BCUT2D eigenvalue weighted by Gasteiger charge is 2.10. The van der Waals surface area contributed by atoms with Crippen molar-refractivity contribution in [1.82, 2.24) is 19.8 Å². The zero-order valence-electron chi connectivity index (χ0n) is 13.3. The van der Waals surface area contributed by atoms with Gasteiger partial charge in [0.2, 0.25) is 0 Å². The van der Waals surface area contributed by atoms with Crippen LogP contribution in [0.15, 0.2) is 30.6 Å². The molecule has 0 saturated carbocycles.